The Morgan fingerprint density at radius 1 is 1.28 bits per heavy atom. The van der Waals surface area contributed by atoms with Crippen LogP contribution in [0, 0.1) is 6.92 Å². The normalized spacial score (nSPS) is 17.8. The number of nitrogens with zero attached hydrogens (tertiary/aromatic N) is 1. The topological polar surface area (TPSA) is 63.1 Å². The van der Waals surface area contributed by atoms with E-state index in [4.69, 9.17) is 4.74 Å². The highest BCUT2D eigenvalue weighted by Crippen LogP contribution is 2.32. The quantitative estimate of drug-likeness (QED) is 0.779. The molecule has 0 bridgehead atoms. The molecule has 0 saturated carbocycles. The van der Waals surface area contributed by atoms with Gasteiger partial charge in [0.15, 0.2) is 6.61 Å². The van der Waals surface area contributed by atoms with Gasteiger partial charge in [-0.15, -0.1) is 0 Å². The van der Waals surface area contributed by atoms with E-state index in [-0.39, 0.29) is 18.4 Å². The van der Waals surface area contributed by atoms with Gasteiger partial charge in [0.2, 0.25) is 5.91 Å². The first-order chi connectivity index (χ1) is 12.1. The van der Waals surface area contributed by atoms with Crippen LogP contribution in [0.1, 0.15) is 31.2 Å². The molecule has 0 unspecified atom stereocenters. The van der Waals surface area contributed by atoms with Crippen molar-refractivity contribution in [1.82, 2.24) is 5.32 Å². The van der Waals surface area contributed by atoms with Crippen LogP contribution in [0.4, 0.5) is 5.69 Å². The van der Waals surface area contributed by atoms with Gasteiger partial charge in [-0.3, -0.25) is 9.59 Å². The number of amides is 2. The second kappa shape index (κ2) is 8.34. The van der Waals surface area contributed by atoms with Gasteiger partial charge in [-0.25, -0.2) is 0 Å². The number of piperidine rings is 1. The van der Waals surface area contributed by atoms with E-state index in [1.165, 1.54) is 32.4 Å². The molecular formula is C19H28N3O3+. The monoisotopic (exact) mass is 346 g/mol. The molecule has 1 saturated heterocycles. The number of likely N-dealkylation sites (tertiary alicyclic amines) is 1. The summed E-state index contributed by atoms with van der Waals surface area (Å²) in [7, 11) is 0. The van der Waals surface area contributed by atoms with E-state index in [1.54, 1.807) is 9.80 Å². The van der Waals surface area contributed by atoms with Gasteiger partial charge in [0.1, 0.15) is 5.75 Å². The molecule has 6 nitrogen and oxygen atoms in total. The number of hydrogen-bond acceptors (Lipinski definition) is 3. The van der Waals surface area contributed by atoms with Crippen molar-refractivity contribution < 1.29 is 19.2 Å². The number of benzene rings is 1. The van der Waals surface area contributed by atoms with E-state index in [9.17, 15) is 9.59 Å². The fourth-order valence-corrected chi connectivity index (χ4v) is 3.54. The van der Waals surface area contributed by atoms with Crippen LogP contribution in [-0.4, -0.2) is 51.1 Å². The van der Waals surface area contributed by atoms with Gasteiger partial charge in [0, 0.05) is 13.0 Å². The first-order valence-corrected chi connectivity index (χ1v) is 9.27. The van der Waals surface area contributed by atoms with Crippen molar-refractivity contribution in [3.63, 3.8) is 0 Å². The van der Waals surface area contributed by atoms with E-state index in [2.05, 4.69) is 5.32 Å². The van der Waals surface area contributed by atoms with Crippen LogP contribution in [0.15, 0.2) is 18.2 Å². The average Bonchev–Trinajstić information content (AvgIpc) is 2.62. The highest BCUT2D eigenvalue weighted by Gasteiger charge is 2.25. The zero-order valence-corrected chi connectivity index (χ0v) is 15.0. The van der Waals surface area contributed by atoms with Crippen LogP contribution in [0.25, 0.3) is 0 Å². The summed E-state index contributed by atoms with van der Waals surface area (Å²) in [6.45, 7) is 6.55. The molecule has 1 aromatic carbocycles. The van der Waals surface area contributed by atoms with E-state index in [0.717, 1.165) is 17.8 Å². The van der Waals surface area contributed by atoms with Gasteiger partial charge in [-0.2, -0.15) is 0 Å². The van der Waals surface area contributed by atoms with Crippen molar-refractivity contribution in [2.45, 2.75) is 32.6 Å². The molecule has 2 N–H and O–H groups in total. The molecule has 6 heteroatoms. The third-order valence-corrected chi connectivity index (χ3v) is 4.98. The van der Waals surface area contributed by atoms with Gasteiger partial charge in [0.25, 0.3) is 5.91 Å². The molecule has 2 amide bonds. The fourth-order valence-electron chi connectivity index (χ4n) is 3.54. The summed E-state index contributed by atoms with van der Waals surface area (Å²) < 4.78 is 5.49. The Bertz CT molecular complexity index is 626. The van der Waals surface area contributed by atoms with Crippen LogP contribution in [0.3, 0.4) is 0 Å². The minimum Gasteiger partial charge on any atom is -0.482 e. The van der Waals surface area contributed by atoms with Crippen molar-refractivity contribution in [2.24, 2.45) is 0 Å². The number of ether oxygens (including phenoxy) is 1. The molecule has 25 heavy (non-hydrogen) atoms. The van der Waals surface area contributed by atoms with E-state index >= 15 is 0 Å². The Morgan fingerprint density at radius 2 is 2.08 bits per heavy atom. The maximum absolute atomic E-state index is 12.1. The lowest BCUT2D eigenvalue weighted by molar-refractivity contribution is -0.903. The molecule has 2 aliphatic rings. The van der Waals surface area contributed by atoms with Crippen LogP contribution < -0.4 is 19.9 Å². The smallest absolute Gasteiger partial charge is 0.265 e. The van der Waals surface area contributed by atoms with Gasteiger partial charge in [0.05, 0.1) is 31.9 Å². The minimum absolute atomic E-state index is 0.00404. The SMILES string of the molecule is Cc1ccc2c(c1)OCC(=O)N2CCC(=O)NCC[NH+]1CCCCC1. The number of hydrogen-bond donors (Lipinski definition) is 2. The second-order valence-corrected chi connectivity index (χ2v) is 6.97. The van der Waals surface area contributed by atoms with Crippen LogP contribution in [-0.2, 0) is 9.59 Å². The Balaban J connectivity index is 1.46. The van der Waals surface area contributed by atoms with Crippen LogP contribution >= 0.6 is 0 Å². The number of rotatable bonds is 6. The predicted octanol–water partition coefficient (Wildman–Crippen LogP) is 0.296. The van der Waals surface area contributed by atoms with E-state index in [0.29, 0.717) is 25.3 Å². The summed E-state index contributed by atoms with van der Waals surface area (Å²) >= 11 is 0. The molecular weight excluding hydrogens is 318 g/mol. The molecule has 2 heterocycles. The highest BCUT2D eigenvalue weighted by molar-refractivity contribution is 5.98. The lowest BCUT2D eigenvalue weighted by Gasteiger charge is -2.29. The van der Waals surface area contributed by atoms with Gasteiger partial charge in [-0.05, 0) is 43.9 Å². The van der Waals surface area contributed by atoms with Crippen molar-refractivity contribution in [2.75, 3.05) is 44.2 Å². The summed E-state index contributed by atoms with van der Waals surface area (Å²) in [4.78, 5) is 27.5. The summed E-state index contributed by atoms with van der Waals surface area (Å²) in [6, 6.07) is 5.77. The van der Waals surface area contributed by atoms with Crippen molar-refractivity contribution in [3.05, 3.63) is 23.8 Å². The summed E-state index contributed by atoms with van der Waals surface area (Å²) in [5.74, 6) is 0.625. The first kappa shape index (κ1) is 17.7. The number of aryl methyl sites for hydroxylation is 1. The zero-order chi connectivity index (χ0) is 17.6. The van der Waals surface area contributed by atoms with Gasteiger partial charge < -0.3 is 19.9 Å². The molecule has 2 aliphatic heterocycles. The number of carbonyl (C=O) groups is 2. The van der Waals surface area contributed by atoms with E-state index < -0.39 is 0 Å². The predicted molar refractivity (Wildman–Crippen MR) is 96.1 cm³/mol. The third-order valence-electron chi connectivity index (χ3n) is 4.98. The Kier molecular flexibility index (Phi) is 5.91. The van der Waals surface area contributed by atoms with Crippen molar-refractivity contribution in [1.29, 1.82) is 0 Å². The third kappa shape index (κ3) is 4.72. The maximum atomic E-state index is 12.1. The zero-order valence-electron chi connectivity index (χ0n) is 15.0. The van der Waals surface area contributed by atoms with Crippen molar-refractivity contribution >= 4 is 17.5 Å². The molecule has 1 aromatic rings. The number of nitrogens with one attached hydrogen (secondary N) is 2. The summed E-state index contributed by atoms with van der Waals surface area (Å²) in [5.41, 5.74) is 1.85. The van der Waals surface area contributed by atoms with Crippen LogP contribution in [0.5, 0.6) is 5.75 Å². The largest absolute Gasteiger partial charge is 0.482 e. The molecule has 0 radical (unpaired) electrons. The molecule has 136 valence electrons. The average molecular weight is 346 g/mol. The Morgan fingerprint density at radius 3 is 2.88 bits per heavy atom. The number of fused-ring (bicyclic) bond motifs is 1. The van der Waals surface area contributed by atoms with Crippen molar-refractivity contribution in [3.8, 4) is 5.75 Å². The fraction of sp³-hybridized carbons (Fsp3) is 0.579. The maximum Gasteiger partial charge on any atom is 0.265 e. The molecule has 1 fully saturated rings. The van der Waals surface area contributed by atoms with Gasteiger partial charge in [-0.1, -0.05) is 6.07 Å². The molecule has 0 aliphatic carbocycles. The minimum atomic E-state index is -0.0954. The summed E-state index contributed by atoms with van der Waals surface area (Å²) in [6.07, 6.45) is 4.24. The Hall–Kier alpha value is -2.08. The number of quaternary nitrogens is 1. The number of anilines is 1. The molecule has 3 rings (SSSR count). The first-order valence-electron chi connectivity index (χ1n) is 9.27. The molecule has 0 spiro atoms. The van der Waals surface area contributed by atoms with E-state index in [1.807, 2.05) is 25.1 Å². The molecule has 0 aromatic heterocycles. The highest BCUT2D eigenvalue weighted by atomic mass is 16.5. The second-order valence-electron chi connectivity index (χ2n) is 6.97. The Labute approximate surface area is 149 Å². The van der Waals surface area contributed by atoms with Gasteiger partial charge >= 0.3 is 0 Å². The number of carbonyl (C=O) groups excluding carboxylic acids is 2. The standard InChI is InChI=1S/C19H27N3O3/c1-15-5-6-16-17(13-15)25-14-19(24)22(16)11-7-18(23)20-8-12-21-9-3-2-4-10-21/h5-6,13H,2-4,7-12,14H2,1H3,(H,20,23)/p+1. The summed E-state index contributed by atoms with van der Waals surface area (Å²) in [5, 5.41) is 2.99. The van der Waals surface area contributed by atoms with Crippen LogP contribution in [0.2, 0.25) is 0 Å². The lowest BCUT2D eigenvalue weighted by Crippen LogP contribution is -3.13. The lowest BCUT2D eigenvalue weighted by atomic mass is 10.1. The molecule has 0 atom stereocenters.